The largest absolute Gasteiger partial charge is 0.294 e. The summed E-state index contributed by atoms with van der Waals surface area (Å²) < 4.78 is 12.9. The molecule has 70 valence electrons. The minimum atomic E-state index is -0.455. The summed E-state index contributed by atoms with van der Waals surface area (Å²) in [5, 5.41) is 0.593. The van der Waals surface area contributed by atoms with Crippen LogP contribution in [0.4, 0.5) is 4.39 Å². The molecule has 1 aromatic rings. The average molecular weight is 263 g/mol. The molecule has 1 rings (SSSR count). The van der Waals surface area contributed by atoms with Gasteiger partial charge in [-0.2, -0.15) is 0 Å². The number of carbonyl (C=O) groups is 1. The molecule has 0 aliphatic rings. The third-order valence-corrected chi connectivity index (χ3v) is 2.35. The Bertz CT molecular complexity index is 327. The molecule has 0 heterocycles. The van der Waals surface area contributed by atoms with Crippen molar-refractivity contribution in [3.05, 3.63) is 29.6 Å². The van der Waals surface area contributed by atoms with Crippen LogP contribution < -0.4 is 0 Å². The molecule has 0 aliphatic heterocycles. The molecule has 0 bridgehead atoms. The van der Waals surface area contributed by atoms with E-state index < -0.39 is 5.82 Å². The number of ketones is 1. The first-order valence-electron chi connectivity index (χ1n) is 3.73. The number of thiol groups is 1. The molecule has 1 nitrogen and oxygen atoms in total. The Kier molecular flexibility index (Phi) is 3.93. The number of carbonyl (C=O) groups excluding carboxylic acids is 1. The van der Waals surface area contributed by atoms with Gasteiger partial charge in [0.1, 0.15) is 5.82 Å². The summed E-state index contributed by atoms with van der Waals surface area (Å²) in [7, 11) is 0. The van der Waals surface area contributed by atoms with Crippen molar-refractivity contribution < 1.29 is 9.18 Å². The van der Waals surface area contributed by atoms with Crippen LogP contribution in [-0.2, 0) is 0 Å². The molecule has 0 fully saturated rings. The molecule has 0 amide bonds. The first-order chi connectivity index (χ1) is 6.15. The molecule has 0 atom stereocenters. The Hall–Kier alpha value is -0.350. The van der Waals surface area contributed by atoms with Crippen LogP contribution in [0.25, 0.3) is 0 Å². The van der Waals surface area contributed by atoms with Gasteiger partial charge in [0.05, 0.1) is 0 Å². The lowest BCUT2D eigenvalue weighted by Crippen LogP contribution is -2.00. The number of hydrogen-bond acceptors (Lipinski definition) is 2. The maximum atomic E-state index is 12.9. The maximum absolute atomic E-state index is 12.9. The highest BCUT2D eigenvalue weighted by Gasteiger charge is 2.07. The molecule has 0 saturated carbocycles. The van der Waals surface area contributed by atoms with Crippen LogP contribution >= 0.6 is 28.6 Å². The lowest BCUT2D eigenvalue weighted by atomic mass is 10.1. The Morgan fingerprint density at radius 1 is 1.54 bits per heavy atom. The zero-order valence-corrected chi connectivity index (χ0v) is 9.24. The summed E-state index contributed by atoms with van der Waals surface area (Å²) in [5.41, 5.74) is 0.398. The van der Waals surface area contributed by atoms with Gasteiger partial charge in [0.15, 0.2) is 5.78 Å². The van der Waals surface area contributed by atoms with Gasteiger partial charge in [-0.1, -0.05) is 22.0 Å². The van der Waals surface area contributed by atoms with Gasteiger partial charge in [0, 0.05) is 22.2 Å². The summed E-state index contributed by atoms with van der Waals surface area (Å²) in [6.07, 6.45) is 0.380. The highest BCUT2D eigenvalue weighted by molar-refractivity contribution is 9.09. The molecule has 0 N–H and O–H groups in total. The van der Waals surface area contributed by atoms with Gasteiger partial charge >= 0.3 is 0 Å². The van der Waals surface area contributed by atoms with Gasteiger partial charge in [0.25, 0.3) is 0 Å². The van der Waals surface area contributed by atoms with Crippen molar-refractivity contribution in [2.45, 2.75) is 11.3 Å². The van der Waals surface area contributed by atoms with Crippen molar-refractivity contribution in [2.24, 2.45) is 0 Å². The first-order valence-corrected chi connectivity index (χ1v) is 5.29. The fourth-order valence-corrected chi connectivity index (χ4v) is 1.41. The monoisotopic (exact) mass is 262 g/mol. The van der Waals surface area contributed by atoms with E-state index >= 15 is 0 Å². The van der Waals surface area contributed by atoms with Gasteiger partial charge in [-0.15, -0.1) is 12.6 Å². The quantitative estimate of drug-likeness (QED) is 0.504. The highest BCUT2D eigenvalue weighted by Crippen LogP contribution is 2.15. The van der Waals surface area contributed by atoms with Gasteiger partial charge < -0.3 is 0 Å². The number of halogens is 2. The minimum Gasteiger partial charge on any atom is -0.294 e. The molecular weight excluding hydrogens is 255 g/mol. The Morgan fingerprint density at radius 2 is 2.23 bits per heavy atom. The van der Waals surface area contributed by atoms with Crippen LogP contribution in [0.15, 0.2) is 23.1 Å². The fourth-order valence-electron chi connectivity index (χ4n) is 0.911. The molecule has 0 aliphatic carbocycles. The summed E-state index contributed by atoms with van der Waals surface area (Å²) >= 11 is 7.02. The van der Waals surface area contributed by atoms with Gasteiger partial charge in [-0.25, -0.2) is 4.39 Å². The van der Waals surface area contributed by atoms with Crippen LogP contribution in [0.2, 0.25) is 0 Å². The molecule has 4 heteroatoms. The zero-order chi connectivity index (χ0) is 9.84. The lowest BCUT2D eigenvalue weighted by molar-refractivity contribution is 0.0989. The number of hydrogen-bond donors (Lipinski definition) is 1. The van der Waals surface area contributed by atoms with E-state index in [2.05, 4.69) is 28.6 Å². The SMILES string of the molecule is O=C(CCBr)c1ccc(S)c(F)c1. The van der Waals surface area contributed by atoms with E-state index in [0.717, 1.165) is 0 Å². The predicted molar refractivity (Wildman–Crippen MR) is 56.4 cm³/mol. The normalized spacial score (nSPS) is 10.1. The van der Waals surface area contributed by atoms with Crippen molar-refractivity contribution in [1.29, 1.82) is 0 Å². The maximum Gasteiger partial charge on any atom is 0.163 e. The molecule has 0 spiro atoms. The third kappa shape index (κ3) is 2.81. The number of Topliss-reactive ketones (excluding diaryl/α,β-unsaturated/α-hetero) is 1. The number of alkyl halides is 1. The van der Waals surface area contributed by atoms with Crippen LogP contribution in [0.5, 0.6) is 0 Å². The molecule has 0 saturated heterocycles. The van der Waals surface area contributed by atoms with Crippen molar-refractivity contribution in [1.82, 2.24) is 0 Å². The van der Waals surface area contributed by atoms with E-state index in [1.54, 1.807) is 6.07 Å². The molecule has 0 unspecified atom stereocenters. The molecule has 13 heavy (non-hydrogen) atoms. The second-order valence-electron chi connectivity index (χ2n) is 2.53. The lowest BCUT2D eigenvalue weighted by Gasteiger charge is -2.00. The summed E-state index contributed by atoms with van der Waals surface area (Å²) in [6, 6.07) is 4.28. The van der Waals surface area contributed by atoms with E-state index in [1.165, 1.54) is 12.1 Å². The Morgan fingerprint density at radius 3 is 2.77 bits per heavy atom. The van der Waals surface area contributed by atoms with Crippen molar-refractivity contribution in [3.8, 4) is 0 Å². The Labute approximate surface area is 89.9 Å². The van der Waals surface area contributed by atoms with Crippen molar-refractivity contribution in [2.75, 3.05) is 5.33 Å². The molecule has 0 aromatic heterocycles. The van der Waals surface area contributed by atoms with E-state index in [-0.39, 0.29) is 10.7 Å². The van der Waals surface area contributed by atoms with E-state index in [0.29, 0.717) is 17.3 Å². The van der Waals surface area contributed by atoms with Crippen molar-refractivity contribution >= 4 is 34.3 Å². The van der Waals surface area contributed by atoms with Crippen LogP contribution in [0.3, 0.4) is 0 Å². The topological polar surface area (TPSA) is 17.1 Å². The van der Waals surface area contributed by atoms with Crippen LogP contribution in [-0.4, -0.2) is 11.1 Å². The number of benzene rings is 1. The van der Waals surface area contributed by atoms with Crippen LogP contribution in [0, 0.1) is 5.82 Å². The standard InChI is InChI=1S/C9H8BrFOS/c10-4-3-8(12)6-1-2-9(13)7(11)5-6/h1-2,5,13H,3-4H2. The fraction of sp³-hybridized carbons (Fsp3) is 0.222. The third-order valence-electron chi connectivity index (χ3n) is 1.59. The first kappa shape index (κ1) is 10.7. The summed E-state index contributed by atoms with van der Waals surface area (Å²) in [5.74, 6) is -0.520. The number of rotatable bonds is 3. The van der Waals surface area contributed by atoms with E-state index in [9.17, 15) is 9.18 Å². The van der Waals surface area contributed by atoms with Crippen molar-refractivity contribution in [3.63, 3.8) is 0 Å². The smallest absolute Gasteiger partial charge is 0.163 e. The zero-order valence-electron chi connectivity index (χ0n) is 6.76. The van der Waals surface area contributed by atoms with E-state index in [4.69, 9.17) is 0 Å². The van der Waals surface area contributed by atoms with Gasteiger partial charge in [-0.3, -0.25) is 4.79 Å². The molecule has 1 aromatic carbocycles. The van der Waals surface area contributed by atoms with E-state index in [1.807, 2.05) is 0 Å². The highest BCUT2D eigenvalue weighted by atomic mass is 79.9. The van der Waals surface area contributed by atoms with Gasteiger partial charge in [0.2, 0.25) is 0 Å². The summed E-state index contributed by atoms with van der Waals surface area (Å²) in [4.78, 5) is 11.5. The van der Waals surface area contributed by atoms with Crippen LogP contribution in [0.1, 0.15) is 16.8 Å². The Balaban J connectivity index is 2.90. The minimum absolute atomic E-state index is 0.0656. The predicted octanol–water partition coefficient (Wildman–Crippen LogP) is 3.08. The summed E-state index contributed by atoms with van der Waals surface area (Å²) in [6.45, 7) is 0. The average Bonchev–Trinajstić information content (AvgIpc) is 2.10. The second kappa shape index (κ2) is 4.77. The van der Waals surface area contributed by atoms with Gasteiger partial charge in [-0.05, 0) is 12.1 Å². The molecule has 0 radical (unpaired) electrons. The second-order valence-corrected chi connectivity index (χ2v) is 3.80. The molecular formula is C9H8BrFOS.